The summed E-state index contributed by atoms with van der Waals surface area (Å²) in [5.74, 6) is 0. The van der Waals surface area contributed by atoms with Crippen molar-refractivity contribution in [2.24, 2.45) is 0 Å². The molecule has 2 amide bonds. The van der Waals surface area contributed by atoms with Crippen LogP contribution in [0.2, 0.25) is 0 Å². The van der Waals surface area contributed by atoms with Crippen LogP contribution in [0.1, 0.15) is 25.3 Å². The van der Waals surface area contributed by atoms with Crippen LogP contribution < -0.4 is 10.6 Å². The monoisotopic (exact) mass is 317 g/mol. The summed E-state index contributed by atoms with van der Waals surface area (Å²) in [6.45, 7) is 8.48. The first-order valence-electron chi connectivity index (χ1n) is 8.17. The summed E-state index contributed by atoms with van der Waals surface area (Å²) >= 11 is 0. The van der Waals surface area contributed by atoms with E-state index in [0.717, 1.165) is 38.0 Å². The Bertz CT molecular complexity index is 508. The van der Waals surface area contributed by atoms with Crippen LogP contribution in [0.5, 0.6) is 0 Å². The van der Waals surface area contributed by atoms with Gasteiger partial charge in [0.05, 0.1) is 6.54 Å². The Balaban J connectivity index is 1.74. The number of benzene rings is 1. The SMILES string of the molecule is C=CCN1CCC(NC(=O)NC[C@](C)(O)c2ccccc2)CC1. The number of nitrogens with zero attached hydrogens (tertiary/aromatic N) is 1. The number of nitrogens with one attached hydrogen (secondary N) is 2. The van der Waals surface area contributed by atoms with E-state index in [9.17, 15) is 9.90 Å². The molecule has 0 aromatic heterocycles. The van der Waals surface area contributed by atoms with E-state index in [0.29, 0.717) is 0 Å². The smallest absolute Gasteiger partial charge is 0.315 e. The standard InChI is InChI=1S/C18H27N3O2/c1-3-11-21-12-9-16(10-13-21)20-17(22)19-14-18(2,23)15-7-5-4-6-8-15/h3-8,16,23H,1,9-14H2,2H3,(H2,19,20,22)/t18-/m0/s1. The summed E-state index contributed by atoms with van der Waals surface area (Å²) in [6.07, 6.45) is 3.79. The third-order valence-electron chi connectivity index (χ3n) is 4.30. The van der Waals surface area contributed by atoms with Crippen molar-refractivity contribution in [1.29, 1.82) is 0 Å². The molecule has 5 heteroatoms. The molecule has 5 nitrogen and oxygen atoms in total. The molecule has 3 N–H and O–H groups in total. The maximum atomic E-state index is 12.0. The van der Waals surface area contributed by atoms with E-state index >= 15 is 0 Å². The Morgan fingerprint density at radius 3 is 2.65 bits per heavy atom. The minimum absolute atomic E-state index is 0.179. The van der Waals surface area contributed by atoms with E-state index in [1.807, 2.05) is 36.4 Å². The van der Waals surface area contributed by atoms with Gasteiger partial charge >= 0.3 is 6.03 Å². The number of aliphatic hydroxyl groups is 1. The molecule has 0 radical (unpaired) electrons. The predicted octanol–water partition coefficient (Wildman–Crippen LogP) is 1.84. The molecule has 2 rings (SSSR count). The highest BCUT2D eigenvalue weighted by molar-refractivity contribution is 5.74. The van der Waals surface area contributed by atoms with Crippen molar-refractivity contribution >= 4 is 6.03 Å². The Kier molecular flexibility index (Phi) is 6.19. The van der Waals surface area contributed by atoms with Gasteiger partial charge in [-0.25, -0.2) is 4.79 Å². The van der Waals surface area contributed by atoms with Gasteiger partial charge in [0.1, 0.15) is 5.60 Å². The van der Waals surface area contributed by atoms with Crippen LogP contribution >= 0.6 is 0 Å². The molecule has 1 fully saturated rings. The van der Waals surface area contributed by atoms with Crippen molar-refractivity contribution < 1.29 is 9.90 Å². The molecule has 1 aliphatic rings. The zero-order valence-electron chi connectivity index (χ0n) is 13.8. The lowest BCUT2D eigenvalue weighted by Crippen LogP contribution is -2.50. The molecule has 1 aromatic rings. The van der Waals surface area contributed by atoms with Crippen molar-refractivity contribution in [3.63, 3.8) is 0 Å². The van der Waals surface area contributed by atoms with Gasteiger partial charge in [0, 0.05) is 25.7 Å². The fraction of sp³-hybridized carbons (Fsp3) is 0.500. The second-order valence-electron chi connectivity index (χ2n) is 6.33. The fourth-order valence-electron chi connectivity index (χ4n) is 2.83. The molecule has 0 bridgehead atoms. The number of hydrogen-bond acceptors (Lipinski definition) is 3. The van der Waals surface area contributed by atoms with E-state index in [-0.39, 0.29) is 18.6 Å². The summed E-state index contributed by atoms with van der Waals surface area (Å²) in [6, 6.07) is 9.34. The molecule has 0 spiro atoms. The van der Waals surface area contributed by atoms with Gasteiger partial charge in [-0.2, -0.15) is 0 Å². The zero-order chi connectivity index (χ0) is 16.7. The topological polar surface area (TPSA) is 64.6 Å². The Labute approximate surface area is 138 Å². The van der Waals surface area contributed by atoms with Crippen molar-refractivity contribution in [2.45, 2.75) is 31.4 Å². The third-order valence-corrected chi connectivity index (χ3v) is 4.30. The number of likely N-dealkylation sites (tertiary alicyclic amines) is 1. The molecular weight excluding hydrogens is 290 g/mol. The number of rotatable bonds is 6. The number of carbonyl (C=O) groups excluding carboxylic acids is 1. The van der Waals surface area contributed by atoms with Crippen molar-refractivity contribution in [3.8, 4) is 0 Å². The van der Waals surface area contributed by atoms with Crippen LogP contribution in [0.25, 0.3) is 0 Å². The van der Waals surface area contributed by atoms with E-state index in [2.05, 4.69) is 22.1 Å². The maximum absolute atomic E-state index is 12.0. The summed E-state index contributed by atoms with van der Waals surface area (Å²) in [7, 11) is 0. The average molecular weight is 317 g/mol. The molecule has 0 aliphatic carbocycles. The summed E-state index contributed by atoms with van der Waals surface area (Å²) in [5, 5.41) is 16.2. The van der Waals surface area contributed by atoms with Gasteiger partial charge in [0.15, 0.2) is 0 Å². The third kappa shape index (κ3) is 5.37. The van der Waals surface area contributed by atoms with Crippen LogP contribution in [0, 0.1) is 0 Å². The van der Waals surface area contributed by atoms with Gasteiger partial charge in [0.2, 0.25) is 0 Å². The normalized spacial score (nSPS) is 18.9. The molecule has 126 valence electrons. The highest BCUT2D eigenvalue weighted by Gasteiger charge is 2.25. The van der Waals surface area contributed by atoms with E-state index in [4.69, 9.17) is 0 Å². The van der Waals surface area contributed by atoms with Crippen LogP contribution in [-0.2, 0) is 5.60 Å². The van der Waals surface area contributed by atoms with E-state index in [1.165, 1.54) is 0 Å². The lowest BCUT2D eigenvalue weighted by molar-refractivity contribution is 0.0591. The number of piperidine rings is 1. The van der Waals surface area contributed by atoms with Gasteiger partial charge in [-0.15, -0.1) is 6.58 Å². The minimum atomic E-state index is -1.08. The van der Waals surface area contributed by atoms with Gasteiger partial charge < -0.3 is 15.7 Å². The number of amides is 2. The summed E-state index contributed by atoms with van der Waals surface area (Å²) < 4.78 is 0. The maximum Gasteiger partial charge on any atom is 0.315 e. The molecule has 1 aromatic carbocycles. The van der Waals surface area contributed by atoms with Gasteiger partial charge in [-0.05, 0) is 25.3 Å². The molecular formula is C18H27N3O2. The van der Waals surface area contributed by atoms with E-state index < -0.39 is 5.60 Å². The zero-order valence-corrected chi connectivity index (χ0v) is 13.8. The highest BCUT2D eigenvalue weighted by atomic mass is 16.3. The first-order chi connectivity index (χ1) is 11.0. The minimum Gasteiger partial charge on any atom is -0.384 e. The molecule has 1 atom stereocenters. The first kappa shape index (κ1) is 17.5. The Morgan fingerprint density at radius 1 is 1.39 bits per heavy atom. The van der Waals surface area contributed by atoms with Crippen LogP contribution in [-0.4, -0.2) is 48.3 Å². The summed E-state index contributed by atoms with van der Waals surface area (Å²) in [5.41, 5.74) is -0.288. The highest BCUT2D eigenvalue weighted by Crippen LogP contribution is 2.18. The molecule has 0 saturated carbocycles. The van der Waals surface area contributed by atoms with Crippen molar-refractivity contribution in [3.05, 3.63) is 48.6 Å². The molecule has 1 heterocycles. The lowest BCUT2D eigenvalue weighted by Gasteiger charge is -2.32. The van der Waals surface area contributed by atoms with Crippen LogP contribution in [0.4, 0.5) is 4.79 Å². The molecule has 23 heavy (non-hydrogen) atoms. The number of hydrogen-bond donors (Lipinski definition) is 3. The van der Waals surface area contributed by atoms with Gasteiger partial charge in [-0.1, -0.05) is 36.4 Å². The number of urea groups is 1. The fourth-order valence-corrected chi connectivity index (χ4v) is 2.83. The second kappa shape index (κ2) is 8.13. The van der Waals surface area contributed by atoms with Crippen molar-refractivity contribution in [2.75, 3.05) is 26.2 Å². The molecule has 1 saturated heterocycles. The quantitative estimate of drug-likeness (QED) is 0.702. The number of carbonyl (C=O) groups is 1. The Morgan fingerprint density at radius 2 is 2.04 bits per heavy atom. The van der Waals surface area contributed by atoms with Gasteiger partial charge in [0.25, 0.3) is 0 Å². The van der Waals surface area contributed by atoms with E-state index in [1.54, 1.807) is 6.92 Å². The lowest BCUT2D eigenvalue weighted by atomic mass is 9.96. The summed E-state index contributed by atoms with van der Waals surface area (Å²) in [4.78, 5) is 14.4. The van der Waals surface area contributed by atoms with Gasteiger partial charge in [-0.3, -0.25) is 4.90 Å². The first-order valence-corrected chi connectivity index (χ1v) is 8.17. The molecule has 1 aliphatic heterocycles. The molecule has 0 unspecified atom stereocenters. The largest absolute Gasteiger partial charge is 0.384 e. The predicted molar refractivity (Wildman–Crippen MR) is 92.2 cm³/mol. The van der Waals surface area contributed by atoms with Crippen molar-refractivity contribution in [1.82, 2.24) is 15.5 Å². The van der Waals surface area contributed by atoms with Crippen LogP contribution in [0.3, 0.4) is 0 Å². The second-order valence-corrected chi connectivity index (χ2v) is 6.33. The Hall–Kier alpha value is -1.85. The van der Waals surface area contributed by atoms with Crippen LogP contribution in [0.15, 0.2) is 43.0 Å². The average Bonchev–Trinajstić information content (AvgIpc) is 2.56.